The van der Waals surface area contributed by atoms with Gasteiger partial charge in [-0.1, -0.05) is 46.5 Å². The highest BCUT2D eigenvalue weighted by atomic mass is 32.1. The van der Waals surface area contributed by atoms with Gasteiger partial charge in [-0.3, -0.25) is 4.79 Å². The Bertz CT molecular complexity index is 145. The quantitative estimate of drug-likeness (QED) is 0.492. The van der Waals surface area contributed by atoms with Gasteiger partial charge in [0.2, 0.25) is 0 Å². The minimum Gasteiger partial charge on any atom is -0.287 e. The van der Waals surface area contributed by atoms with Crippen LogP contribution in [0.2, 0.25) is 0 Å². The van der Waals surface area contributed by atoms with Crippen molar-refractivity contribution in [3.05, 3.63) is 0 Å². The van der Waals surface area contributed by atoms with Crippen LogP contribution in [0.25, 0.3) is 0 Å². The van der Waals surface area contributed by atoms with E-state index in [0.717, 1.165) is 6.42 Å². The zero-order valence-corrected chi connectivity index (χ0v) is 9.94. The van der Waals surface area contributed by atoms with Gasteiger partial charge in [-0.05, 0) is 12.3 Å². The zero-order valence-electron chi connectivity index (χ0n) is 9.05. The van der Waals surface area contributed by atoms with Crippen LogP contribution in [0.5, 0.6) is 0 Å². The molecule has 0 heterocycles. The standard InChI is InChI=1S/C11H22OS/c1-4-5-6-7-8-9(2)10(3)11(12)13/h9-10H,4-8H2,1-3H3,(H,12,13). The van der Waals surface area contributed by atoms with Crippen molar-refractivity contribution >= 4 is 17.7 Å². The Morgan fingerprint density at radius 2 is 1.85 bits per heavy atom. The molecule has 2 unspecified atom stereocenters. The van der Waals surface area contributed by atoms with E-state index in [4.69, 9.17) is 0 Å². The average Bonchev–Trinajstić information content (AvgIpc) is 2.10. The first kappa shape index (κ1) is 13.0. The molecule has 0 fully saturated rings. The van der Waals surface area contributed by atoms with Gasteiger partial charge < -0.3 is 0 Å². The SMILES string of the molecule is CCCCCCC(C)C(C)C(=O)S. The molecule has 13 heavy (non-hydrogen) atoms. The Kier molecular flexibility index (Phi) is 7.44. The summed E-state index contributed by atoms with van der Waals surface area (Å²) in [5.41, 5.74) is 0. The third-order valence-corrected chi connectivity index (χ3v) is 3.16. The van der Waals surface area contributed by atoms with Crippen LogP contribution in [-0.4, -0.2) is 5.12 Å². The molecule has 1 nitrogen and oxygen atoms in total. The molecular weight excluding hydrogens is 180 g/mol. The molecule has 0 aliphatic rings. The van der Waals surface area contributed by atoms with Crippen LogP contribution in [0.3, 0.4) is 0 Å². The fourth-order valence-electron chi connectivity index (χ4n) is 1.39. The Labute approximate surface area is 87.7 Å². The zero-order chi connectivity index (χ0) is 10.3. The second-order valence-corrected chi connectivity index (χ2v) is 4.39. The fourth-order valence-corrected chi connectivity index (χ4v) is 1.64. The van der Waals surface area contributed by atoms with E-state index in [1.54, 1.807) is 0 Å². The molecule has 0 amide bonds. The summed E-state index contributed by atoms with van der Waals surface area (Å²) >= 11 is 3.86. The topological polar surface area (TPSA) is 17.1 Å². The lowest BCUT2D eigenvalue weighted by molar-refractivity contribution is -0.115. The summed E-state index contributed by atoms with van der Waals surface area (Å²) in [6.07, 6.45) is 6.30. The van der Waals surface area contributed by atoms with Crippen molar-refractivity contribution in [2.45, 2.75) is 52.9 Å². The summed E-state index contributed by atoms with van der Waals surface area (Å²) in [6, 6.07) is 0. The van der Waals surface area contributed by atoms with E-state index >= 15 is 0 Å². The molecule has 2 atom stereocenters. The van der Waals surface area contributed by atoms with E-state index in [0.29, 0.717) is 5.92 Å². The van der Waals surface area contributed by atoms with Crippen LogP contribution in [0, 0.1) is 11.8 Å². The first-order chi connectivity index (χ1) is 6.09. The summed E-state index contributed by atoms with van der Waals surface area (Å²) in [5.74, 6) is 0.604. The monoisotopic (exact) mass is 202 g/mol. The fraction of sp³-hybridized carbons (Fsp3) is 0.909. The molecule has 0 N–H and O–H groups in total. The molecule has 0 aliphatic carbocycles. The molecule has 78 valence electrons. The molecule has 0 aromatic heterocycles. The minimum atomic E-state index is 0.0305. The van der Waals surface area contributed by atoms with Gasteiger partial charge >= 0.3 is 0 Å². The van der Waals surface area contributed by atoms with E-state index < -0.39 is 0 Å². The van der Waals surface area contributed by atoms with E-state index in [1.165, 1.54) is 25.7 Å². The van der Waals surface area contributed by atoms with Crippen LogP contribution in [-0.2, 0) is 4.79 Å². The molecule has 0 saturated carbocycles. The second kappa shape index (κ2) is 7.43. The van der Waals surface area contributed by atoms with E-state index in [-0.39, 0.29) is 11.0 Å². The Balaban J connectivity index is 3.50. The lowest BCUT2D eigenvalue weighted by Gasteiger charge is -2.15. The molecular formula is C11H22OS. The molecule has 0 radical (unpaired) electrons. The molecule has 0 spiro atoms. The van der Waals surface area contributed by atoms with Crippen molar-refractivity contribution in [1.82, 2.24) is 0 Å². The predicted octanol–water partition coefficient (Wildman–Crippen LogP) is 3.69. The largest absolute Gasteiger partial charge is 0.287 e. The predicted molar refractivity (Wildman–Crippen MR) is 61.1 cm³/mol. The molecule has 0 aromatic rings. The molecule has 0 aliphatic heterocycles. The highest BCUT2D eigenvalue weighted by molar-refractivity contribution is 7.96. The Morgan fingerprint density at radius 3 is 2.31 bits per heavy atom. The highest BCUT2D eigenvalue weighted by Gasteiger charge is 2.16. The molecule has 0 aromatic carbocycles. The van der Waals surface area contributed by atoms with Gasteiger partial charge in [0.25, 0.3) is 0 Å². The van der Waals surface area contributed by atoms with Gasteiger partial charge in [-0.25, -0.2) is 0 Å². The number of unbranched alkanes of at least 4 members (excludes halogenated alkanes) is 3. The van der Waals surface area contributed by atoms with Crippen LogP contribution < -0.4 is 0 Å². The summed E-state index contributed by atoms with van der Waals surface area (Å²) in [6.45, 7) is 6.33. The number of carbonyl (C=O) groups excluding carboxylic acids is 1. The number of thiol groups is 1. The van der Waals surface area contributed by atoms with Gasteiger partial charge in [0.05, 0.1) is 0 Å². The minimum absolute atomic E-state index is 0.0305. The van der Waals surface area contributed by atoms with Crippen molar-refractivity contribution in [3.63, 3.8) is 0 Å². The van der Waals surface area contributed by atoms with Gasteiger partial charge in [-0.15, -0.1) is 12.6 Å². The van der Waals surface area contributed by atoms with Gasteiger partial charge in [0, 0.05) is 5.92 Å². The van der Waals surface area contributed by atoms with E-state index in [9.17, 15) is 4.79 Å². The van der Waals surface area contributed by atoms with Gasteiger partial charge in [0.1, 0.15) is 0 Å². The summed E-state index contributed by atoms with van der Waals surface area (Å²) in [7, 11) is 0. The summed E-state index contributed by atoms with van der Waals surface area (Å²) < 4.78 is 0. The first-order valence-corrected chi connectivity index (χ1v) is 5.77. The first-order valence-electron chi connectivity index (χ1n) is 5.32. The van der Waals surface area contributed by atoms with Gasteiger partial charge in [0.15, 0.2) is 5.12 Å². The smallest absolute Gasteiger partial charge is 0.188 e. The molecule has 0 bridgehead atoms. The van der Waals surface area contributed by atoms with Crippen molar-refractivity contribution in [3.8, 4) is 0 Å². The Hall–Kier alpha value is 0.0200. The third kappa shape index (κ3) is 6.14. The summed E-state index contributed by atoms with van der Waals surface area (Å²) in [5, 5.41) is 0.0305. The molecule has 0 saturated heterocycles. The van der Waals surface area contributed by atoms with Crippen LogP contribution in [0.1, 0.15) is 52.9 Å². The maximum Gasteiger partial charge on any atom is 0.188 e. The average molecular weight is 202 g/mol. The number of hydrogen-bond acceptors (Lipinski definition) is 1. The van der Waals surface area contributed by atoms with Crippen molar-refractivity contribution in [1.29, 1.82) is 0 Å². The normalized spacial score (nSPS) is 15.4. The molecule has 2 heteroatoms. The summed E-state index contributed by atoms with van der Waals surface area (Å²) in [4.78, 5) is 10.9. The maximum absolute atomic E-state index is 10.9. The molecule has 0 rings (SSSR count). The maximum atomic E-state index is 10.9. The third-order valence-electron chi connectivity index (χ3n) is 2.76. The van der Waals surface area contributed by atoms with Crippen LogP contribution >= 0.6 is 12.6 Å². The Morgan fingerprint density at radius 1 is 1.23 bits per heavy atom. The number of carbonyl (C=O) groups is 1. The van der Waals surface area contributed by atoms with Gasteiger partial charge in [-0.2, -0.15) is 0 Å². The van der Waals surface area contributed by atoms with Crippen molar-refractivity contribution < 1.29 is 4.79 Å². The lowest BCUT2D eigenvalue weighted by atomic mass is 9.91. The highest BCUT2D eigenvalue weighted by Crippen LogP contribution is 2.20. The van der Waals surface area contributed by atoms with E-state index in [1.807, 2.05) is 6.92 Å². The number of hydrogen-bond donors (Lipinski definition) is 1. The van der Waals surface area contributed by atoms with Crippen molar-refractivity contribution in [2.24, 2.45) is 11.8 Å². The number of rotatable bonds is 7. The lowest BCUT2D eigenvalue weighted by Crippen LogP contribution is -2.14. The van der Waals surface area contributed by atoms with Crippen LogP contribution in [0.4, 0.5) is 0 Å². The van der Waals surface area contributed by atoms with Crippen molar-refractivity contribution in [2.75, 3.05) is 0 Å². The second-order valence-electron chi connectivity index (χ2n) is 3.95. The van der Waals surface area contributed by atoms with Crippen LogP contribution in [0.15, 0.2) is 0 Å². The van der Waals surface area contributed by atoms with E-state index in [2.05, 4.69) is 26.5 Å².